The van der Waals surface area contributed by atoms with Crippen LogP contribution in [0.4, 0.5) is 18.9 Å². The van der Waals surface area contributed by atoms with Gasteiger partial charge in [0, 0.05) is 12.2 Å². The van der Waals surface area contributed by atoms with E-state index in [0.717, 1.165) is 12.1 Å². The molecule has 0 saturated heterocycles. The minimum Gasteiger partial charge on any atom is -0.325 e. The van der Waals surface area contributed by atoms with Crippen molar-refractivity contribution in [1.82, 2.24) is 4.67 Å². The Bertz CT molecular complexity index is 618. The summed E-state index contributed by atoms with van der Waals surface area (Å²) in [5.41, 5.74) is -0.761. The van der Waals surface area contributed by atoms with Gasteiger partial charge in [0.2, 0.25) is 5.91 Å². The highest BCUT2D eigenvalue weighted by Crippen LogP contribution is 2.51. The van der Waals surface area contributed by atoms with E-state index in [-0.39, 0.29) is 12.2 Å². The highest BCUT2D eigenvalue weighted by molar-refractivity contribution is 8.08. The molecule has 1 aromatic rings. The molecule has 1 rings (SSSR count). The van der Waals surface area contributed by atoms with Crippen molar-refractivity contribution in [2.45, 2.75) is 26.9 Å². The standard InChI is InChI=1S/C15H22F3N2O3PS/c1-4-20(24(25,22-5-2)23-6-3)11-14(21)19-13-9-7-8-12(10-13)15(16,17)18/h7-10H,4-6,11H2,1-3H3,(H,19,21). The Morgan fingerprint density at radius 3 is 2.32 bits per heavy atom. The summed E-state index contributed by atoms with van der Waals surface area (Å²) in [4.78, 5) is 12.2. The lowest BCUT2D eigenvalue weighted by atomic mass is 10.2. The van der Waals surface area contributed by atoms with Crippen LogP contribution in [0, 0.1) is 0 Å². The van der Waals surface area contributed by atoms with Gasteiger partial charge in [-0.25, -0.2) is 4.67 Å². The van der Waals surface area contributed by atoms with Crippen molar-refractivity contribution in [1.29, 1.82) is 0 Å². The average Bonchev–Trinajstić information content (AvgIpc) is 2.52. The minimum absolute atomic E-state index is 0.0667. The number of benzene rings is 1. The van der Waals surface area contributed by atoms with Gasteiger partial charge in [0.15, 0.2) is 0 Å². The van der Waals surface area contributed by atoms with Crippen LogP contribution in [0.5, 0.6) is 0 Å². The topological polar surface area (TPSA) is 50.8 Å². The number of alkyl halides is 3. The van der Waals surface area contributed by atoms with Crippen molar-refractivity contribution in [3.8, 4) is 0 Å². The van der Waals surface area contributed by atoms with Crippen LogP contribution >= 0.6 is 6.64 Å². The second kappa shape index (κ2) is 9.64. The number of carbonyl (C=O) groups excluding carboxylic acids is 1. The van der Waals surface area contributed by atoms with Gasteiger partial charge in [0.25, 0.3) is 6.64 Å². The summed E-state index contributed by atoms with van der Waals surface area (Å²) in [6.45, 7) is 3.50. The second-order valence-electron chi connectivity index (χ2n) is 4.91. The number of hydrogen-bond donors (Lipinski definition) is 1. The third-order valence-corrected chi connectivity index (χ3v) is 6.71. The molecule has 0 atom stereocenters. The molecule has 0 aromatic heterocycles. The summed E-state index contributed by atoms with van der Waals surface area (Å²) in [7, 11) is 0. The average molecular weight is 398 g/mol. The molecule has 0 bridgehead atoms. The Balaban J connectivity index is 2.85. The predicted molar refractivity (Wildman–Crippen MR) is 94.9 cm³/mol. The zero-order valence-corrected chi connectivity index (χ0v) is 16.0. The summed E-state index contributed by atoms with van der Waals surface area (Å²) in [6.07, 6.45) is -4.47. The largest absolute Gasteiger partial charge is 0.416 e. The molecular formula is C15H22F3N2O3PS. The second-order valence-corrected chi connectivity index (χ2v) is 8.32. The van der Waals surface area contributed by atoms with Crippen molar-refractivity contribution in [3.63, 3.8) is 0 Å². The lowest BCUT2D eigenvalue weighted by Crippen LogP contribution is -2.32. The van der Waals surface area contributed by atoms with Gasteiger partial charge in [-0.3, -0.25) is 4.79 Å². The van der Waals surface area contributed by atoms with Gasteiger partial charge < -0.3 is 14.4 Å². The molecule has 0 aliphatic carbocycles. The quantitative estimate of drug-likeness (QED) is 0.630. The first kappa shape index (κ1) is 22.1. The van der Waals surface area contributed by atoms with E-state index in [1.54, 1.807) is 25.4 Å². The molecule has 1 N–H and O–H groups in total. The van der Waals surface area contributed by atoms with E-state index in [1.165, 1.54) is 12.1 Å². The highest BCUT2D eigenvalue weighted by atomic mass is 32.5. The fraction of sp³-hybridized carbons (Fsp3) is 0.533. The van der Waals surface area contributed by atoms with Crippen LogP contribution in [0.25, 0.3) is 0 Å². The molecule has 0 aliphatic rings. The number of likely N-dealkylation sites (N-methyl/N-ethyl adjacent to an activating group) is 1. The van der Waals surface area contributed by atoms with Gasteiger partial charge >= 0.3 is 6.18 Å². The SMILES string of the molecule is CCOP(=S)(OCC)N(CC)CC(=O)Nc1cccc(C(F)(F)F)c1. The summed E-state index contributed by atoms with van der Waals surface area (Å²) in [6, 6.07) is 4.46. The van der Waals surface area contributed by atoms with E-state index < -0.39 is 24.3 Å². The first-order valence-electron chi connectivity index (χ1n) is 7.77. The number of halogens is 3. The van der Waals surface area contributed by atoms with Crippen LogP contribution in [-0.4, -0.2) is 36.9 Å². The lowest BCUT2D eigenvalue weighted by Gasteiger charge is -2.31. The summed E-state index contributed by atoms with van der Waals surface area (Å²) < 4.78 is 50.9. The molecule has 0 saturated carbocycles. The third-order valence-electron chi connectivity index (χ3n) is 3.10. The Labute approximate surface area is 150 Å². The van der Waals surface area contributed by atoms with E-state index in [2.05, 4.69) is 5.32 Å². The highest BCUT2D eigenvalue weighted by Gasteiger charge is 2.31. The molecule has 0 unspecified atom stereocenters. The van der Waals surface area contributed by atoms with Gasteiger partial charge in [-0.1, -0.05) is 13.0 Å². The first-order valence-corrected chi connectivity index (χ1v) is 10.4. The fourth-order valence-corrected chi connectivity index (χ4v) is 4.89. The summed E-state index contributed by atoms with van der Waals surface area (Å²) in [5, 5.41) is 2.46. The Morgan fingerprint density at radius 2 is 1.84 bits per heavy atom. The molecule has 0 fully saturated rings. The van der Waals surface area contributed by atoms with Crippen molar-refractivity contribution in [2.75, 3.05) is 31.6 Å². The van der Waals surface area contributed by atoms with E-state index in [0.29, 0.717) is 19.8 Å². The summed E-state index contributed by atoms with van der Waals surface area (Å²) >= 11 is 5.44. The Kier molecular flexibility index (Phi) is 8.50. The third kappa shape index (κ3) is 6.67. The Morgan fingerprint density at radius 1 is 1.24 bits per heavy atom. The molecule has 0 heterocycles. The molecule has 1 amide bonds. The van der Waals surface area contributed by atoms with E-state index in [1.807, 2.05) is 0 Å². The molecule has 0 radical (unpaired) electrons. The van der Waals surface area contributed by atoms with Crippen LogP contribution in [-0.2, 0) is 31.8 Å². The molecular weight excluding hydrogens is 376 g/mol. The van der Waals surface area contributed by atoms with E-state index in [4.69, 9.17) is 20.9 Å². The molecule has 5 nitrogen and oxygen atoms in total. The predicted octanol–water partition coefficient (Wildman–Crippen LogP) is 4.26. The Hall–Kier alpha value is -0.990. The van der Waals surface area contributed by atoms with Crippen molar-refractivity contribution in [2.24, 2.45) is 0 Å². The van der Waals surface area contributed by atoms with Gasteiger partial charge in [-0.15, -0.1) is 0 Å². The number of carbonyl (C=O) groups is 1. The number of anilines is 1. The van der Waals surface area contributed by atoms with Gasteiger partial charge in [-0.2, -0.15) is 13.2 Å². The number of hydrogen-bond acceptors (Lipinski definition) is 4. The van der Waals surface area contributed by atoms with Crippen molar-refractivity contribution >= 4 is 30.0 Å². The normalized spacial score (nSPS) is 12.4. The van der Waals surface area contributed by atoms with Gasteiger partial charge in [0.1, 0.15) is 0 Å². The van der Waals surface area contributed by atoms with Crippen LogP contribution in [0.15, 0.2) is 24.3 Å². The monoisotopic (exact) mass is 398 g/mol. The molecule has 1 aromatic carbocycles. The lowest BCUT2D eigenvalue weighted by molar-refractivity contribution is -0.137. The smallest absolute Gasteiger partial charge is 0.325 e. The van der Waals surface area contributed by atoms with Crippen molar-refractivity contribution < 1.29 is 27.0 Å². The fourth-order valence-electron chi connectivity index (χ4n) is 2.04. The van der Waals surface area contributed by atoms with E-state index in [9.17, 15) is 18.0 Å². The van der Waals surface area contributed by atoms with Gasteiger partial charge in [-0.05, 0) is 43.9 Å². The van der Waals surface area contributed by atoms with Crippen molar-refractivity contribution in [3.05, 3.63) is 29.8 Å². The minimum atomic E-state index is -4.47. The molecule has 142 valence electrons. The zero-order chi connectivity index (χ0) is 19.1. The van der Waals surface area contributed by atoms with Crippen LogP contribution in [0.1, 0.15) is 26.3 Å². The number of rotatable bonds is 9. The molecule has 0 aliphatic heterocycles. The number of nitrogens with one attached hydrogen (secondary N) is 1. The molecule has 0 spiro atoms. The van der Waals surface area contributed by atoms with Crippen LogP contribution in [0.3, 0.4) is 0 Å². The van der Waals surface area contributed by atoms with Gasteiger partial charge in [0.05, 0.1) is 25.3 Å². The summed E-state index contributed by atoms with van der Waals surface area (Å²) in [5.74, 6) is -0.491. The number of nitrogens with zero attached hydrogens (tertiary/aromatic N) is 1. The zero-order valence-electron chi connectivity index (χ0n) is 14.3. The van der Waals surface area contributed by atoms with E-state index >= 15 is 0 Å². The van der Waals surface area contributed by atoms with Crippen LogP contribution in [0.2, 0.25) is 0 Å². The molecule has 10 heteroatoms. The number of amides is 1. The van der Waals surface area contributed by atoms with Crippen LogP contribution < -0.4 is 5.32 Å². The maximum atomic E-state index is 12.7. The maximum absolute atomic E-state index is 12.7. The first-order chi connectivity index (χ1) is 11.7. The molecule has 25 heavy (non-hydrogen) atoms. The maximum Gasteiger partial charge on any atom is 0.416 e.